The van der Waals surface area contributed by atoms with Gasteiger partial charge in [-0.1, -0.05) is 69.7 Å². The van der Waals surface area contributed by atoms with Gasteiger partial charge in [-0.25, -0.2) is 19.9 Å². The van der Waals surface area contributed by atoms with Gasteiger partial charge in [0.05, 0.1) is 12.0 Å². The van der Waals surface area contributed by atoms with Crippen molar-refractivity contribution in [2.75, 3.05) is 19.7 Å². The standard InChI is InChI=1S/C43H67N5O10/c1-4-5-6-7-8-9-10-11-12-13-14-15-16-27-38(51)47(55)28-21-20-25-35(45-42(54)43(3)31-57-39(46-43)33-23-17-18-26-36(33)49)41(53)58-32(2)30-37(50)44-34-24-19-22-29-48(56)40(34)52/h11-12,17-18,23,26,32,34-35,49,55-56H,4-10,13-16,19-22,24-25,27-31H2,1-3H3,(H,44,50)(H,45,54)/b12-11-. The molecule has 58 heavy (non-hydrogen) atoms. The molecule has 324 valence electrons. The predicted octanol–water partition coefficient (Wildman–Crippen LogP) is 6.27. The summed E-state index contributed by atoms with van der Waals surface area (Å²) >= 11 is 0. The van der Waals surface area contributed by atoms with Crippen molar-refractivity contribution in [1.29, 1.82) is 0 Å². The van der Waals surface area contributed by atoms with Crippen molar-refractivity contribution in [2.45, 2.75) is 166 Å². The van der Waals surface area contributed by atoms with Gasteiger partial charge < -0.3 is 25.2 Å². The number of phenols is 1. The molecule has 15 nitrogen and oxygen atoms in total. The third-order valence-electron chi connectivity index (χ3n) is 10.4. The molecule has 4 amide bonds. The highest BCUT2D eigenvalue weighted by Gasteiger charge is 2.42. The highest BCUT2D eigenvalue weighted by Crippen LogP contribution is 2.26. The molecule has 2 aliphatic heterocycles. The molecule has 4 atom stereocenters. The second kappa shape index (κ2) is 25.8. The first-order valence-electron chi connectivity index (χ1n) is 21.3. The fourth-order valence-corrected chi connectivity index (χ4v) is 6.82. The summed E-state index contributed by atoms with van der Waals surface area (Å²) in [5.74, 6) is -2.94. The lowest BCUT2D eigenvalue weighted by atomic mass is 10.0. The quantitative estimate of drug-likeness (QED) is 0.0233. The van der Waals surface area contributed by atoms with Crippen LogP contribution in [0.1, 0.15) is 148 Å². The number of hydrogen-bond donors (Lipinski definition) is 5. The number of nitrogens with one attached hydrogen (secondary N) is 2. The Hall–Kier alpha value is -4.50. The zero-order chi connectivity index (χ0) is 42.3. The van der Waals surface area contributed by atoms with Gasteiger partial charge in [-0.2, -0.15) is 0 Å². The van der Waals surface area contributed by atoms with Crippen molar-refractivity contribution in [3.63, 3.8) is 0 Å². The molecule has 0 radical (unpaired) electrons. The average Bonchev–Trinajstić information content (AvgIpc) is 3.53. The molecule has 3 rings (SSSR count). The summed E-state index contributed by atoms with van der Waals surface area (Å²) in [4.78, 5) is 69.3. The van der Waals surface area contributed by atoms with Gasteiger partial charge in [0.25, 0.3) is 11.8 Å². The Labute approximate surface area is 343 Å². The van der Waals surface area contributed by atoms with E-state index in [0.29, 0.717) is 54.2 Å². The number of aliphatic imine (C=N–C) groups is 1. The van der Waals surface area contributed by atoms with Crippen LogP contribution in [-0.4, -0.2) is 105 Å². The molecule has 0 aromatic heterocycles. The van der Waals surface area contributed by atoms with Crippen LogP contribution in [0.25, 0.3) is 0 Å². The topological polar surface area (TPSA) is 207 Å². The second-order valence-corrected chi connectivity index (χ2v) is 15.7. The van der Waals surface area contributed by atoms with Crippen molar-refractivity contribution >= 4 is 35.5 Å². The van der Waals surface area contributed by atoms with Crippen LogP contribution in [0.15, 0.2) is 41.4 Å². The zero-order valence-corrected chi connectivity index (χ0v) is 34.8. The Morgan fingerprint density at radius 2 is 1.71 bits per heavy atom. The van der Waals surface area contributed by atoms with Crippen LogP contribution in [0.2, 0.25) is 0 Å². The molecule has 15 heteroatoms. The number of carbonyl (C=O) groups is 5. The van der Waals surface area contributed by atoms with Gasteiger partial charge in [-0.05, 0) is 96.6 Å². The van der Waals surface area contributed by atoms with Gasteiger partial charge in [-0.3, -0.25) is 29.6 Å². The van der Waals surface area contributed by atoms with Crippen LogP contribution >= 0.6 is 0 Å². The van der Waals surface area contributed by atoms with E-state index < -0.39 is 47.4 Å². The molecule has 5 N–H and O–H groups in total. The molecule has 2 heterocycles. The highest BCUT2D eigenvalue weighted by molar-refractivity contribution is 6.02. The van der Waals surface area contributed by atoms with Gasteiger partial charge in [0.15, 0.2) is 5.54 Å². The van der Waals surface area contributed by atoms with Crippen LogP contribution in [0.3, 0.4) is 0 Å². The molecule has 1 aromatic rings. The third kappa shape index (κ3) is 16.8. The van der Waals surface area contributed by atoms with E-state index in [-0.39, 0.29) is 56.5 Å². The number of nitrogens with zero attached hydrogens (tertiary/aromatic N) is 3. The van der Waals surface area contributed by atoms with E-state index >= 15 is 0 Å². The van der Waals surface area contributed by atoms with Gasteiger partial charge in [0.1, 0.15) is 30.5 Å². The molecule has 1 saturated heterocycles. The van der Waals surface area contributed by atoms with Gasteiger partial charge in [0.2, 0.25) is 17.7 Å². The third-order valence-corrected chi connectivity index (χ3v) is 10.4. The van der Waals surface area contributed by atoms with Crippen molar-refractivity contribution in [3.8, 4) is 5.75 Å². The molecule has 0 spiro atoms. The van der Waals surface area contributed by atoms with Gasteiger partial charge >= 0.3 is 5.97 Å². The number of hydrogen-bond acceptors (Lipinski definition) is 11. The van der Waals surface area contributed by atoms with E-state index in [9.17, 15) is 39.5 Å². The van der Waals surface area contributed by atoms with Crippen LogP contribution in [0, 0.1) is 0 Å². The minimum absolute atomic E-state index is 0.0389. The van der Waals surface area contributed by atoms with Crippen LogP contribution in [-0.2, 0) is 33.4 Å². The summed E-state index contributed by atoms with van der Waals surface area (Å²) in [6.07, 6.45) is 18.2. The number of rotatable bonds is 26. The zero-order valence-electron chi connectivity index (χ0n) is 34.8. The molecular formula is C43H67N5O10. The normalized spacial score (nSPS) is 19.2. The molecule has 2 aliphatic rings. The minimum Gasteiger partial charge on any atom is -0.507 e. The summed E-state index contributed by atoms with van der Waals surface area (Å²) in [7, 11) is 0. The van der Waals surface area contributed by atoms with E-state index in [1.54, 1.807) is 18.2 Å². The average molecular weight is 814 g/mol. The summed E-state index contributed by atoms with van der Waals surface area (Å²) < 4.78 is 11.3. The molecular weight excluding hydrogens is 746 g/mol. The maximum Gasteiger partial charge on any atom is 0.328 e. The monoisotopic (exact) mass is 813 g/mol. The smallest absolute Gasteiger partial charge is 0.328 e. The molecule has 0 bridgehead atoms. The summed E-state index contributed by atoms with van der Waals surface area (Å²) in [5, 5.41) is 37.2. The fraction of sp³-hybridized carbons (Fsp3) is 0.674. The lowest BCUT2D eigenvalue weighted by molar-refractivity contribution is -0.167. The number of hydroxylamine groups is 4. The Morgan fingerprint density at radius 3 is 2.43 bits per heavy atom. The van der Waals surface area contributed by atoms with E-state index in [4.69, 9.17) is 9.47 Å². The van der Waals surface area contributed by atoms with Crippen LogP contribution in [0.5, 0.6) is 5.75 Å². The number of unbranched alkanes of at least 4 members (excludes halogenated alkanes) is 10. The summed E-state index contributed by atoms with van der Waals surface area (Å²) in [5.41, 5.74) is -1.13. The van der Waals surface area contributed by atoms with Crippen molar-refractivity contribution in [2.24, 2.45) is 4.99 Å². The Bertz CT molecular complexity index is 1540. The lowest BCUT2D eigenvalue weighted by Crippen LogP contribution is -2.52. The van der Waals surface area contributed by atoms with E-state index in [1.807, 2.05) is 0 Å². The van der Waals surface area contributed by atoms with Crippen molar-refractivity contribution < 1.29 is 49.0 Å². The van der Waals surface area contributed by atoms with Crippen LogP contribution < -0.4 is 10.6 Å². The Balaban J connectivity index is 1.49. The maximum atomic E-state index is 13.6. The number of amides is 4. The Kier molecular flexibility index (Phi) is 21.3. The largest absolute Gasteiger partial charge is 0.507 e. The number of esters is 1. The van der Waals surface area contributed by atoms with Gasteiger partial charge in [0, 0.05) is 19.5 Å². The SMILES string of the molecule is CCCCCCCC/C=C\CCCCCC(=O)N(O)CCCCC(NC(=O)C1(C)COC(c2ccccc2O)=N1)C(=O)OC(C)CC(=O)NC1CCCCN(O)C1=O. The minimum atomic E-state index is -1.44. The predicted molar refractivity (Wildman–Crippen MR) is 218 cm³/mol. The second-order valence-electron chi connectivity index (χ2n) is 15.7. The first-order chi connectivity index (χ1) is 27.8. The van der Waals surface area contributed by atoms with Crippen molar-refractivity contribution in [3.05, 3.63) is 42.0 Å². The van der Waals surface area contributed by atoms with E-state index in [2.05, 4.69) is 34.7 Å². The summed E-state index contributed by atoms with van der Waals surface area (Å²) in [6, 6.07) is 4.35. The number of allylic oxidation sites excluding steroid dienone is 2. The Morgan fingerprint density at radius 1 is 1.02 bits per heavy atom. The molecule has 1 aromatic carbocycles. The fourth-order valence-electron chi connectivity index (χ4n) is 6.82. The number of para-hydroxylation sites is 1. The number of benzene rings is 1. The van der Waals surface area contributed by atoms with Crippen LogP contribution in [0.4, 0.5) is 0 Å². The van der Waals surface area contributed by atoms with E-state index in [0.717, 1.165) is 25.7 Å². The molecule has 0 saturated carbocycles. The van der Waals surface area contributed by atoms with Gasteiger partial charge in [-0.15, -0.1) is 0 Å². The number of aromatic hydroxyl groups is 1. The highest BCUT2D eigenvalue weighted by atomic mass is 16.5. The first kappa shape index (κ1) is 47.9. The maximum absolute atomic E-state index is 13.6. The summed E-state index contributed by atoms with van der Waals surface area (Å²) in [6.45, 7) is 5.35. The molecule has 1 fully saturated rings. The number of carbonyl (C=O) groups excluding carboxylic acids is 5. The number of ether oxygens (including phenoxy) is 2. The molecule has 4 unspecified atom stereocenters. The van der Waals surface area contributed by atoms with E-state index in [1.165, 1.54) is 58.4 Å². The van der Waals surface area contributed by atoms with Crippen molar-refractivity contribution in [1.82, 2.24) is 20.8 Å². The number of phenolic OH excluding ortho intramolecular Hbond substituents is 1. The lowest BCUT2D eigenvalue weighted by Gasteiger charge is -2.25. The molecule has 0 aliphatic carbocycles. The first-order valence-corrected chi connectivity index (χ1v) is 21.3.